The highest BCUT2D eigenvalue weighted by molar-refractivity contribution is 5.69. The molecule has 0 bridgehead atoms. The number of aryl methyl sites for hydroxylation is 1. The number of hydrogen-bond donors (Lipinski definition) is 0. The van der Waals surface area contributed by atoms with E-state index in [1.165, 1.54) is 12.1 Å². The van der Waals surface area contributed by atoms with Gasteiger partial charge in [-0.1, -0.05) is 30.3 Å². The van der Waals surface area contributed by atoms with Crippen LogP contribution < -0.4 is 4.74 Å². The van der Waals surface area contributed by atoms with Gasteiger partial charge in [-0.25, -0.2) is 4.98 Å². The Balaban J connectivity index is 2.02. The van der Waals surface area contributed by atoms with Crippen molar-refractivity contribution in [2.75, 3.05) is 0 Å². The summed E-state index contributed by atoms with van der Waals surface area (Å²) in [4.78, 5) is 15.0. The Labute approximate surface area is 126 Å². The molecule has 0 spiro atoms. The van der Waals surface area contributed by atoms with Gasteiger partial charge in [0.1, 0.15) is 0 Å². The molecule has 7 heteroatoms. The highest BCUT2D eigenvalue weighted by Crippen LogP contribution is 2.31. The Morgan fingerprint density at radius 2 is 1.95 bits per heavy atom. The SMILES string of the molecule is Cn1cc(Oc2ccc([N+](=O)[O-])c(-c3ccccc3)n2)cn1. The molecule has 0 radical (unpaired) electrons. The first-order valence-electron chi connectivity index (χ1n) is 6.51. The Kier molecular flexibility index (Phi) is 3.53. The molecule has 3 rings (SSSR count). The number of hydrogen-bond acceptors (Lipinski definition) is 5. The zero-order valence-electron chi connectivity index (χ0n) is 11.7. The first-order chi connectivity index (χ1) is 10.6. The maximum atomic E-state index is 11.2. The molecule has 0 saturated heterocycles. The third kappa shape index (κ3) is 2.78. The third-order valence-corrected chi connectivity index (χ3v) is 3.00. The van der Waals surface area contributed by atoms with Crippen LogP contribution in [-0.4, -0.2) is 19.7 Å². The zero-order chi connectivity index (χ0) is 15.5. The number of nitrogens with zero attached hydrogens (tertiary/aromatic N) is 4. The maximum Gasteiger partial charge on any atom is 0.295 e. The summed E-state index contributed by atoms with van der Waals surface area (Å²) in [5.41, 5.74) is 0.863. The molecule has 2 aromatic heterocycles. The lowest BCUT2D eigenvalue weighted by Crippen LogP contribution is -1.96. The van der Waals surface area contributed by atoms with E-state index in [9.17, 15) is 10.1 Å². The van der Waals surface area contributed by atoms with Gasteiger partial charge in [0.25, 0.3) is 5.69 Å². The summed E-state index contributed by atoms with van der Waals surface area (Å²) in [6, 6.07) is 11.8. The van der Waals surface area contributed by atoms with Crippen molar-refractivity contribution in [2.24, 2.45) is 7.05 Å². The second-order valence-electron chi connectivity index (χ2n) is 4.59. The molecular weight excluding hydrogens is 284 g/mol. The van der Waals surface area contributed by atoms with Crippen LogP contribution in [0, 0.1) is 10.1 Å². The second-order valence-corrected chi connectivity index (χ2v) is 4.59. The molecule has 7 nitrogen and oxygen atoms in total. The largest absolute Gasteiger partial charge is 0.436 e. The molecule has 0 atom stereocenters. The Morgan fingerprint density at radius 1 is 1.18 bits per heavy atom. The van der Waals surface area contributed by atoms with Crippen LogP contribution in [0.5, 0.6) is 11.6 Å². The van der Waals surface area contributed by atoms with Crippen molar-refractivity contribution in [3.05, 3.63) is 65.0 Å². The van der Waals surface area contributed by atoms with Gasteiger partial charge in [0.15, 0.2) is 11.4 Å². The fourth-order valence-corrected chi connectivity index (χ4v) is 2.02. The lowest BCUT2D eigenvalue weighted by molar-refractivity contribution is -0.384. The number of ether oxygens (including phenoxy) is 1. The summed E-state index contributed by atoms with van der Waals surface area (Å²) in [6.07, 6.45) is 3.23. The molecule has 0 saturated carbocycles. The molecule has 22 heavy (non-hydrogen) atoms. The number of rotatable bonds is 4. The van der Waals surface area contributed by atoms with Gasteiger partial charge in [-0.2, -0.15) is 5.10 Å². The molecule has 0 N–H and O–H groups in total. The predicted molar refractivity (Wildman–Crippen MR) is 79.6 cm³/mol. The van der Waals surface area contributed by atoms with Crippen molar-refractivity contribution < 1.29 is 9.66 Å². The molecule has 0 unspecified atom stereocenters. The van der Waals surface area contributed by atoms with Crippen molar-refractivity contribution in [2.45, 2.75) is 0 Å². The predicted octanol–water partition coefficient (Wildman–Crippen LogP) is 3.18. The second kappa shape index (κ2) is 5.65. The molecule has 110 valence electrons. The van der Waals surface area contributed by atoms with Crippen molar-refractivity contribution in [1.29, 1.82) is 0 Å². The highest BCUT2D eigenvalue weighted by atomic mass is 16.6. The number of benzene rings is 1. The van der Waals surface area contributed by atoms with E-state index in [0.717, 1.165) is 0 Å². The van der Waals surface area contributed by atoms with E-state index in [4.69, 9.17) is 4.74 Å². The fraction of sp³-hybridized carbons (Fsp3) is 0.0667. The van der Waals surface area contributed by atoms with E-state index in [0.29, 0.717) is 11.3 Å². The van der Waals surface area contributed by atoms with Gasteiger partial charge < -0.3 is 4.74 Å². The lowest BCUT2D eigenvalue weighted by atomic mass is 10.1. The molecule has 0 aliphatic rings. The molecule has 1 aromatic carbocycles. The average Bonchev–Trinajstić information content (AvgIpc) is 2.93. The zero-order valence-corrected chi connectivity index (χ0v) is 11.7. The van der Waals surface area contributed by atoms with Crippen molar-refractivity contribution in [1.82, 2.24) is 14.8 Å². The minimum absolute atomic E-state index is 0.0651. The standard InChI is InChI=1S/C15H12N4O3/c1-18-10-12(9-16-18)22-14-8-7-13(19(20)21)15(17-14)11-5-3-2-4-6-11/h2-10H,1H3. The number of nitro groups is 1. The van der Waals surface area contributed by atoms with Gasteiger partial charge in [0, 0.05) is 24.7 Å². The number of pyridine rings is 1. The van der Waals surface area contributed by atoms with Crippen LogP contribution in [0.3, 0.4) is 0 Å². The first-order valence-corrected chi connectivity index (χ1v) is 6.51. The average molecular weight is 296 g/mol. The van der Waals surface area contributed by atoms with Crippen molar-refractivity contribution >= 4 is 5.69 Å². The van der Waals surface area contributed by atoms with Crippen LogP contribution in [0.4, 0.5) is 5.69 Å². The van der Waals surface area contributed by atoms with Gasteiger partial charge in [0.05, 0.1) is 17.3 Å². The van der Waals surface area contributed by atoms with Gasteiger partial charge in [-0.3, -0.25) is 14.8 Å². The molecule has 0 fully saturated rings. The van der Waals surface area contributed by atoms with Crippen LogP contribution in [-0.2, 0) is 7.05 Å². The molecule has 0 amide bonds. The third-order valence-electron chi connectivity index (χ3n) is 3.00. The summed E-state index contributed by atoms with van der Waals surface area (Å²) >= 11 is 0. The summed E-state index contributed by atoms with van der Waals surface area (Å²) in [5, 5.41) is 15.2. The number of aromatic nitrogens is 3. The van der Waals surface area contributed by atoms with Gasteiger partial charge in [-0.05, 0) is 0 Å². The van der Waals surface area contributed by atoms with Crippen LogP contribution in [0.1, 0.15) is 0 Å². The van der Waals surface area contributed by atoms with Crippen LogP contribution >= 0.6 is 0 Å². The van der Waals surface area contributed by atoms with E-state index in [1.54, 1.807) is 48.4 Å². The van der Waals surface area contributed by atoms with Crippen molar-refractivity contribution in [3.63, 3.8) is 0 Å². The minimum Gasteiger partial charge on any atom is -0.436 e. The van der Waals surface area contributed by atoms with Crippen LogP contribution in [0.2, 0.25) is 0 Å². The van der Waals surface area contributed by atoms with Crippen LogP contribution in [0.25, 0.3) is 11.3 Å². The summed E-state index contributed by atoms with van der Waals surface area (Å²) in [6.45, 7) is 0. The summed E-state index contributed by atoms with van der Waals surface area (Å²) < 4.78 is 7.18. The summed E-state index contributed by atoms with van der Waals surface area (Å²) in [5.74, 6) is 0.792. The van der Waals surface area contributed by atoms with E-state index < -0.39 is 4.92 Å². The maximum absolute atomic E-state index is 11.2. The van der Waals surface area contributed by atoms with Crippen molar-refractivity contribution in [3.8, 4) is 22.9 Å². The van der Waals surface area contributed by atoms with E-state index in [2.05, 4.69) is 10.1 Å². The lowest BCUT2D eigenvalue weighted by Gasteiger charge is -2.06. The monoisotopic (exact) mass is 296 g/mol. The van der Waals surface area contributed by atoms with Gasteiger partial charge in [-0.15, -0.1) is 0 Å². The van der Waals surface area contributed by atoms with E-state index in [-0.39, 0.29) is 17.3 Å². The molecule has 0 aliphatic carbocycles. The fourth-order valence-electron chi connectivity index (χ4n) is 2.02. The topological polar surface area (TPSA) is 83.1 Å². The Morgan fingerprint density at radius 3 is 2.59 bits per heavy atom. The first kappa shape index (κ1) is 13.7. The van der Waals surface area contributed by atoms with Crippen LogP contribution in [0.15, 0.2) is 54.9 Å². The molecule has 0 aliphatic heterocycles. The molecular formula is C15H12N4O3. The van der Waals surface area contributed by atoms with E-state index >= 15 is 0 Å². The summed E-state index contributed by atoms with van der Waals surface area (Å²) in [7, 11) is 1.77. The Hall–Kier alpha value is -3.22. The highest BCUT2D eigenvalue weighted by Gasteiger charge is 2.18. The quantitative estimate of drug-likeness (QED) is 0.545. The Bertz CT molecular complexity index is 815. The normalized spacial score (nSPS) is 10.4. The molecule has 2 heterocycles. The van der Waals surface area contributed by atoms with Gasteiger partial charge in [0.2, 0.25) is 5.88 Å². The minimum atomic E-state index is -0.455. The van der Waals surface area contributed by atoms with Gasteiger partial charge >= 0.3 is 0 Å². The molecule has 3 aromatic rings. The smallest absolute Gasteiger partial charge is 0.295 e. The van der Waals surface area contributed by atoms with E-state index in [1.807, 2.05) is 6.07 Å².